The van der Waals surface area contributed by atoms with E-state index in [9.17, 15) is 0 Å². The summed E-state index contributed by atoms with van der Waals surface area (Å²) in [5.74, 6) is 0. The summed E-state index contributed by atoms with van der Waals surface area (Å²) < 4.78 is 0. The van der Waals surface area contributed by atoms with E-state index >= 15 is 0 Å². The molecule has 0 amide bonds. The molecule has 0 aliphatic carbocycles. The Morgan fingerprint density at radius 1 is 0.210 bits per heavy atom. The molecule has 81 heavy (non-hydrogen) atoms. The van der Waals surface area contributed by atoms with E-state index < -0.39 is 0 Å². The van der Waals surface area contributed by atoms with E-state index in [1.165, 1.54) is 33.4 Å². The van der Waals surface area contributed by atoms with Gasteiger partial charge in [0.1, 0.15) is 0 Å². The third-order valence-corrected chi connectivity index (χ3v) is 16.1. The third kappa shape index (κ3) is 11.5. The highest BCUT2D eigenvalue weighted by atomic mass is 15.2. The number of fused-ring (bicyclic) bond motifs is 6. The summed E-state index contributed by atoms with van der Waals surface area (Å²) in [5, 5.41) is 6.80. The monoisotopic (exact) mass is 1050 g/mol. The van der Waals surface area contributed by atoms with Crippen LogP contribution in [-0.4, -0.2) is 44.6 Å². The van der Waals surface area contributed by atoms with Crippen molar-refractivity contribution in [1.82, 2.24) is 44.6 Å². The second kappa shape index (κ2) is 22.9. The van der Waals surface area contributed by atoms with Gasteiger partial charge in [0.05, 0.1) is 67.3 Å². The number of aromatic nitrogens is 6. The average Bonchev–Trinajstić information content (AvgIpc) is 3.55. The molecule has 6 heterocycles. The van der Waals surface area contributed by atoms with Gasteiger partial charge in [-0.3, -0.25) is 44.6 Å². The molecule has 0 bridgehead atoms. The van der Waals surface area contributed by atoms with Gasteiger partial charge in [-0.05, 0) is 127 Å². The van der Waals surface area contributed by atoms with Gasteiger partial charge in [0.2, 0.25) is 0 Å². The summed E-state index contributed by atoms with van der Waals surface area (Å²) in [6.07, 6.45) is 0. The van der Waals surface area contributed by atoms with E-state index in [1.807, 2.05) is 0 Å². The Morgan fingerprint density at radius 2 is 0.383 bits per heavy atom. The van der Waals surface area contributed by atoms with Crippen LogP contribution in [0.4, 0.5) is 0 Å². The largest absolute Gasteiger partial charge is 0.287 e. The van der Waals surface area contributed by atoms with Crippen molar-refractivity contribution < 1.29 is 0 Å². The van der Waals surface area contributed by atoms with Crippen LogP contribution in [0.25, 0.3) is 65.4 Å². The molecule has 396 valence electrons. The number of nitrogens with zero attached hydrogens (tertiary/aromatic N) is 9. The van der Waals surface area contributed by atoms with Gasteiger partial charge in [-0.2, -0.15) is 0 Å². The second-order valence-electron chi connectivity index (χ2n) is 21.7. The molecule has 7 aromatic carbocycles. The zero-order valence-electron chi connectivity index (χ0n) is 46.2. The van der Waals surface area contributed by atoms with Gasteiger partial charge in [-0.1, -0.05) is 146 Å². The SMILES string of the molecule is Cc1c(CN(Cc2ccc3ccccc3n2)Cc2ccc3ccccc3n2)c(C)c(CN(Cc2ccc3ccccc3n2)Cc2ccc3ccccc3n2)c(C)c1CN(Cc1ccc2ccccc2n1)Cc1ccc2ccccc2n1. The summed E-state index contributed by atoms with van der Waals surface area (Å²) in [4.78, 5) is 39.2. The van der Waals surface area contributed by atoms with E-state index in [4.69, 9.17) is 29.9 Å². The van der Waals surface area contributed by atoms with Gasteiger partial charge in [-0.15, -0.1) is 0 Å². The molecule has 0 unspecified atom stereocenters. The van der Waals surface area contributed by atoms with Crippen molar-refractivity contribution in [3.63, 3.8) is 0 Å². The summed E-state index contributed by atoms with van der Waals surface area (Å²) in [6, 6.07) is 76.7. The summed E-state index contributed by atoms with van der Waals surface area (Å²) >= 11 is 0. The molecule has 0 saturated carbocycles. The quantitative estimate of drug-likeness (QED) is 0.0834. The van der Waals surface area contributed by atoms with Gasteiger partial charge in [0.15, 0.2) is 0 Å². The van der Waals surface area contributed by atoms with Crippen LogP contribution in [-0.2, 0) is 58.9 Å². The van der Waals surface area contributed by atoms with Crippen LogP contribution >= 0.6 is 0 Å². The van der Waals surface area contributed by atoms with Crippen LogP contribution in [0.1, 0.15) is 67.5 Å². The maximum absolute atomic E-state index is 5.26. The van der Waals surface area contributed by atoms with Crippen molar-refractivity contribution in [2.24, 2.45) is 0 Å². The molecule has 0 fully saturated rings. The van der Waals surface area contributed by atoms with Gasteiger partial charge >= 0.3 is 0 Å². The molecule has 13 aromatic rings. The molecule has 0 N–H and O–H groups in total. The van der Waals surface area contributed by atoms with Gasteiger partial charge in [0.25, 0.3) is 0 Å². The van der Waals surface area contributed by atoms with Gasteiger partial charge < -0.3 is 0 Å². The van der Waals surface area contributed by atoms with Crippen molar-refractivity contribution in [3.8, 4) is 0 Å². The van der Waals surface area contributed by atoms with Crippen molar-refractivity contribution in [3.05, 3.63) is 286 Å². The highest BCUT2D eigenvalue weighted by molar-refractivity contribution is 5.82. The molecule has 0 radical (unpaired) electrons. The van der Waals surface area contributed by atoms with Crippen LogP contribution in [0.2, 0.25) is 0 Å². The van der Waals surface area contributed by atoms with E-state index in [2.05, 4.69) is 254 Å². The topological polar surface area (TPSA) is 87.1 Å². The Balaban J connectivity index is 0.944. The number of hydrogen-bond acceptors (Lipinski definition) is 9. The van der Waals surface area contributed by atoms with Crippen molar-refractivity contribution >= 4 is 65.4 Å². The Morgan fingerprint density at radius 3 is 0.568 bits per heavy atom. The molecule has 0 saturated heterocycles. The number of hydrogen-bond donors (Lipinski definition) is 0. The first kappa shape index (κ1) is 51.3. The molecule has 9 heteroatoms. The van der Waals surface area contributed by atoms with Crippen molar-refractivity contribution in [2.75, 3.05) is 0 Å². The molecular weight excluding hydrogens is 991 g/mol. The van der Waals surface area contributed by atoms with Gasteiger partial charge in [-0.25, -0.2) is 0 Å². The van der Waals surface area contributed by atoms with Crippen LogP contribution in [0.15, 0.2) is 218 Å². The van der Waals surface area contributed by atoms with E-state index in [1.54, 1.807) is 0 Å². The number of pyridine rings is 6. The van der Waals surface area contributed by atoms with Gasteiger partial charge in [0, 0.05) is 91.2 Å². The predicted octanol–water partition coefficient (Wildman–Crippen LogP) is 15.5. The van der Waals surface area contributed by atoms with E-state index in [0.717, 1.165) is 99.6 Å². The highest BCUT2D eigenvalue weighted by Crippen LogP contribution is 2.34. The first-order chi connectivity index (χ1) is 39.8. The fourth-order valence-corrected chi connectivity index (χ4v) is 11.8. The fraction of sp³-hybridized carbons (Fsp3) is 0.167. The fourth-order valence-electron chi connectivity index (χ4n) is 11.8. The first-order valence-corrected chi connectivity index (χ1v) is 28.1. The van der Waals surface area contributed by atoms with Crippen LogP contribution in [0, 0.1) is 20.8 Å². The lowest BCUT2D eigenvalue weighted by Gasteiger charge is -2.32. The Bertz CT molecular complexity index is 3730. The lowest BCUT2D eigenvalue weighted by Crippen LogP contribution is -2.29. The van der Waals surface area contributed by atoms with Crippen molar-refractivity contribution in [2.45, 2.75) is 79.7 Å². The number of rotatable bonds is 18. The number of benzene rings is 7. The normalized spacial score (nSPS) is 11.9. The lowest BCUT2D eigenvalue weighted by molar-refractivity contribution is 0.232. The summed E-state index contributed by atoms with van der Waals surface area (Å²) in [6.45, 7) is 12.9. The molecule has 6 aromatic heterocycles. The minimum atomic E-state index is 0.636. The maximum atomic E-state index is 5.26. The minimum absolute atomic E-state index is 0.636. The standard InChI is InChI=1S/C72H63N9/c1-49-64(46-79(40-58-34-28-52-16-4-10-22-67(52)73-58)41-59-35-29-53-17-5-11-23-68(53)74-59)50(2)66(48-81(44-62-38-32-56-20-8-14-26-71(56)77-62)45-63-39-33-57-21-9-15-27-72(57)78-63)51(3)65(49)47-80(42-60-36-30-54-18-6-12-24-69(54)75-60)43-61-37-31-55-19-7-13-25-70(55)76-61/h4-39H,40-48H2,1-3H3. The van der Waals surface area contributed by atoms with Crippen LogP contribution in [0.3, 0.4) is 0 Å². The Hall–Kier alpha value is -9.12. The van der Waals surface area contributed by atoms with Crippen LogP contribution < -0.4 is 0 Å². The molecular formula is C72H63N9. The summed E-state index contributed by atoms with van der Waals surface area (Å²) in [7, 11) is 0. The molecule has 0 spiro atoms. The second-order valence-corrected chi connectivity index (χ2v) is 21.7. The smallest absolute Gasteiger partial charge is 0.0705 e. The highest BCUT2D eigenvalue weighted by Gasteiger charge is 2.25. The lowest BCUT2D eigenvalue weighted by atomic mass is 9.87. The summed E-state index contributed by atoms with van der Waals surface area (Å²) in [5.41, 5.74) is 19.9. The predicted molar refractivity (Wildman–Crippen MR) is 330 cm³/mol. The zero-order chi connectivity index (χ0) is 54.7. The molecule has 0 aliphatic rings. The van der Waals surface area contributed by atoms with Crippen LogP contribution in [0.5, 0.6) is 0 Å². The molecule has 0 atom stereocenters. The zero-order valence-corrected chi connectivity index (χ0v) is 46.2. The molecule has 13 rings (SSSR count). The minimum Gasteiger partial charge on any atom is -0.287 e. The first-order valence-electron chi connectivity index (χ1n) is 28.1. The third-order valence-electron chi connectivity index (χ3n) is 16.1. The Kier molecular flexibility index (Phi) is 14.5. The van der Waals surface area contributed by atoms with E-state index in [-0.39, 0.29) is 0 Å². The maximum Gasteiger partial charge on any atom is 0.0705 e. The number of para-hydroxylation sites is 6. The molecule has 9 nitrogen and oxygen atoms in total. The Labute approximate surface area is 473 Å². The van der Waals surface area contributed by atoms with Crippen molar-refractivity contribution in [1.29, 1.82) is 0 Å². The van der Waals surface area contributed by atoms with E-state index in [0.29, 0.717) is 58.9 Å². The molecule has 0 aliphatic heterocycles. The average molecular weight is 1050 g/mol.